The number of hydrogen-bond acceptors (Lipinski definition) is 4. The molecule has 2 spiro atoms. The maximum atomic E-state index is 12.5. The average Bonchev–Trinajstić information content (AvgIpc) is 3.37. The Morgan fingerprint density at radius 3 is 2.84 bits per heavy atom. The van der Waals surface area contributed by atoms with Gasteiger partial charge in [0.1, 0.15) is 5.60 Å². The highest BCUT2D eigenvalue weighted by atomic mass is 16.6. The van der Waals surface area contributed by atoms with Gasteiger partial charge < -0.3 is 14.8 Å². The van der Waals surface area contributed by atoms with E-state index in [1.54, 1.807) is 0 Å². The number of alkyl carbamates (subject to hydrolysis) is 1. The van der Waals surface area contributed by atoms with Crippen LogP contribution in [0.1, 0.15) is 77.7 Å². The van der Waals surface area contributed by atoms with Crippen LogP contribution in [0.3, 0.4) is 0 Å². The fourth-order valence-corrected chi connectivity index (χ4v) is 8.49. The molecule has 2 aromatic rings. The summed E-state index contributed by atoms with van der Waals surface area (Å²) in [5, 5.41) is 5.55. The van der Waals surface area contributed by atoms with Crippen molar-refractivity contribution in [2.75, 3.05) is 0 Å². The largest absolute Gasteiger partial charge is 0.444 e. The fraction of sp³-hybridized carbons (Fsp3) is 0.515. The van der Waals surface area contributed by atoms with E-state index >= 15 is 0 Å². The van der Waals surface area contributed by atoms with Crippen molar-refractivity contribution < 1.29 is 14.3 Å². The van der Waals surface area contributed by atoms with Crippen molar-refractivity contribution in [3.05, 3.63) is 77.7 Å². The Hall–Kier alpha value is -2.92. The molecule has 5 heteroatoms. The zero-order chi connectivity index (χ0) is 26.3. The van der Waals surface area contributed by atoms with E-state index in [4.69, 9.17) is 9.47 Å². The first kappa shape index (κ1) is 24.1. The van der Waals surface area contributed by atoms with Gasteiger partial charge in [-0.15, -0.1) is 0 Å². The van der Waals surface area contributed by atoms with E-state index in [1.807, 2.05) is 33.2 Å². The Labute approximate surface area is 225 Å². The highest BCUT2D eigenvalue weighted by molar-refractivity contribution is 5.82. The summed E-state index contributed by atoms with van der Waals surface area (Å²) < 4.78 is 12.9. The molecule has 3 heterocycles. The molecule has 2 fully saturated rings. The van der Waals surface area contributed by atoms with Crippen molar-refractivity contribution in [3.63, 3.8) is 0 Å². The van der Waals surface area contributed by atoms with Crippen LogP contribution in [0.25, 0.3) is 10.8 Å². The lowest BCUT2D eigenvalue weighted by atomic mass is 9.58. The van der Waals surface area contributed by atoms with Crippen LogP contribution >= 0.6 is 0 Å². The van der Waals surface area contributed by atoms with Gasteiger partial charge in [-0.05, 0) is 104 Å². The molecule has 5 nitrogen and oxygen atoms in total. The molecule has 1 aromatic heterocycles. The molecule has 1 aromatic carbocycles. The second kappa shape index (κ2) is 8.05. The van der Waals surface area contributed by atoms with Gasteiger partial charge in [-0.25, -0.2) is 4.79 Å². The minimum atomic E-state index is -0.516. The topological polar surface area (TPSA) is 60.5 Å². The highest BCUT2D eigenvalue weighted by Crippen LogP contribution is 2.68. The van der Waals surface area contributed by atoms with E-state index in [0.717, 1.165) is 25.7 Å². The van der Waals surface area contributed by atoms with E-state index in [9.17, 15) is 4.79 Å². The van der Waals surface area contributed by atoms with Crippen LogP contribution in [0.2, 0.25) is 0 Å². The summed E-state index contributed by atoms with van der Waals surface area (Å²) in [4.78, 5) is 16.9. The van der Waals surface area contributed by atoms with Gasteiger partial charge in [0.05, 0.1) is 17.2 Å². The molecule has 1 saturated carbocycles. The number of nitrogens with zero attached hydrogens (tertiary/aromatic N) is 1. The first-order valence-corrected chi connectivity index (χ1v) is 14.2. The number of allylic oxidation sites excluding steroid dienone is 1. The number of carbonyl (C=O) groups is 1. The molecule has 0 radical (unpaired) electrons. The Kier molecular flexibility index (Phi) is 5.11. The van der Waals surface area contributed by atoms with E-state index in [0.29, 0.717) is 11.8 Å². The summed E-state index contributed by atoms with van der Waals surface area (Å²) in [6.07, 6.45) is 18.9. The standard InChI is InChI=1S/C33H38N2O3/c1-30(2,3)37-29(36)35-26-8-7-24-18-25-11-13-31(4)27(22-6-5-21-12-16-34-20-23(21)17-22)9-10-28(31)33(25)15-14-32(24,19-26)38-33/h5-8,11-12,16-18,20,26-28H,9-10,13-15,19H2,1-4H3,(H,35,36). The fourth-order valence-electron chi connectivity index (χ4n) is 8.49. The molecule has 1 saturated heterocycles. The van der Waals surface area contributed by atoms with Crippen LogP contribution in [-0.2, 0) is 9.47 Å². The number of carbonyl (C=O) groups excluding carboxylic acids is 1. The van der Waals surface area contributed by atoms with Gasteiger partial charge >= 0.3 is 6.09 Å². The maximum Gasteiger partial charge on any atom is 0.408 e. The number of amides is 1. The van der Waals surface area contributed by atoms with E-state index in [-0.39, 0.29) is 28.8 Å². The number of rotatable bonds is 2. The second-order valence-electron chi connectivity index (χ2n) is 13.4. The van der Waals surface area contributed by atoms with Crippen LogP contribution in [-0.4, -0.2) is 33.9 Å². The summed E-state index contributed by atoms with van der Waals surface area (Å²) >= 11 is 0. The molecule has 6 unspecified atom stereocenters. The van der Waals surface area contributed by atoms with Gasteiger partial charge in [0.15, 0.2) is 0 Å². The van der Waals surface area contributed by atoms with Crippen LogP contribution in [0, 0.1) is 11.3 Å². The molecular weight excluding hydrogens is 472 g/mol. The Balaban J connectivity index is 1.18. The van der Waals surface area contributed by atoms with E-state index in [2.05, 4.69) is 65.8 Å². The molecule has 7 rings (SSSR count). The van der Waals surface area contributed by atoms with Crippen molar-refractivity contribution in [1.82, 2.24) is 10.3 Å². The number of hydrogen-bond donors (Lipinski definition) is 1. The SMILES string of the molecule is CC(C)(C)OC(=O)NC1C=CC2=CC3=CCC4(C)C(c5ccc6ccncc6c5)CCC4C34CCC2(C1)O4. The second-order valence-corrected chi connectivity index (χ2v) is 13.4. The number of benzene rings is 1. The van der Waals surface area contributed by atoms with Crippen LogP contribution in [0.15, 0.2) is 72.1 Å². The molecule has 2 bridgehead atoms. The first-order valence-electron chi connectivity index (χ1n) is 14.2. The zero-order valence-electron chi connectivity index (χ0n) is 22.9. The van der Waals surface area contributed by atoms with Crippen molar-refractivity contribution in [2.24, 2.45) is 11.3 Å². The van der Waals surface area contributed by atoms with Crippen LogP contribution in [0.5, 0.6) is 0 Å². The third-order valence-corrected chi connectivity index (χ3v) is 10.1. The van der Waals surface area contributed by atoms with E-state index < -0.39 is 5.60 Å². The molecule has 5 aliphatic rings. The molecule has 6 atom stereocenters. The lowest BCUT2D eigenvalue weighted by Gasteiger charge is -2.53. The summed E-state index contributed by atoms with van der Waals surface area (Å²) in [6.45, 7) is 8.19. The summed E-state index contributed by atoms with van der Waals surface area (Å²) in [7, 11) is 0. The van der Waals surface area contributed by atoms with Gasteiger partial charge in [0.25, 0.3) is 0 Å². The van der Waals surface area contributed by atoms with Gasteiger partial charge in [-0.1, -0.05) is 43.4 Å². The quantitative estimate of drug-likeness (QED) is 0.466. The zero-order valence-corrected chi connectivity index (χ0v) is 22.9. The minimum Gasteiger partial charge on any atom is -0.444 e. The predicted molar refractivity (Wildman–Crippen MR) is 149 cm³/mol. The minimum absolute atomic E-state index is 0.0970. The summed E-state index contributed by atoms with van der Waals surface area (Å²) in [6, 6.07) is 8.96. The van der Waals surface area contributed by atoms with Crippen molar-refractivity contribution >= 4 is 16.9 Å². The predicted octanol–water partition coefficient (Wildman–Crippen LogP) is 7.15. The number of pyridine rings is 1. The third kappa shape index (κ3) is 3.54. The van der Waals surface area contributed by atoms with Gasteiger partial charge in [-0.3, -0.25) is 4.98 Å². The highest BCUT2D eigenvalue weighted by Gasteiger charge is 2.66. The lowest BCUT2D eigenvalue weighted by Crippen LogP contribution is -2.54. The summed E-state index contributed by atoms with van der Waals surface area (Å²) in [5.41, 5.74) is 3.15. The molecule has 38 heavy (non-hydrogen) atoms. The molecule has 3 aliphatic carbocycles. The summed E-state index contributed by atoms with van der Waals surface area (Å²) in [5.74, 6) is 0.979. The molecule has 198 valence electrons. The number of ether oxygens (including phenoxy) is 2. The van der Waals surface area contributed by atoms with Crippen molar-refractivity contribution in [3.8, 4) is 0 Å². The molecule has 1 amide bonds. The lowest BCUT2D eigenvalue weighted by molar-refractivity contribution is -0.129. The van der Waals surface area contributed by atoms with Crippen molar-refractivity contribution in [1.29, 1.82) is 0 Å². The van der Waals surface area contributed by atoms with E-state index in [1.165, 1.54) is 40.3 Å². The Morgan fingerprint density at radius 2 is 2.00 bits per heavy atom. The van der Waals surface area contributed by atoms with Gasteiger partial charge in [0, 0.05) is 24.2 Å². The normalized spacial score (nSPS) is 37.1. The number of nitrogens with one attached hydrogen (secondary N) is 1. The first-order chi connectivity index (χ1) is 18.1. The van der Waals surface area contributed by atoms with Gasteiger partial charge in [-0.2, -0.15) is 0 Å². The third-order valence-electron chi connectivity index (χ3n) is 10.1. The van der Waals surface area contributed by atoms with Gasteiger partial charge in [0.2, 0.25) is 0 Å². The average molecular weight is 511 g/mol. The van der Waals surface area contributed by atoms with Crippen LogP contribution < -0.4 is 5.32 Å². The Morgan fingerprint density at radius 1 is 1.13 bits per heavy atom. The molecule has 2 aliphatic heterocycles. The number of fused-ring (bicyclic) bond motifs is 2. The molecule has 1 N–H and O–H groups in total. The Bertz CT molecular complexity index is 1420. The smallest absolute Gasteiger partial charge is 0.408 e. The van der Waals surface area contributed by atoms with Crippen LogP contribution in [0.4, 0.5) is 4.79 Å². The molecular formula is C33H38N2O3. The van der Waals surface area contributed by atoms with Crippen molar-refractivity contribution in [2.45, 2.75) is 95.0 Å². The monoisotopic (exact) mass is 510 g/mol. The number of aromatic nitrogens is 1. The maximum absolute atomic E-state index is 12.5.